The van der Waals surface area contributed by atoms with Crippen molar-refractivity contribution in [3.63, 3.8) is 0 Å². The second-order valence-electron chi connectivity index (χ2n) is 12.6. The van der Waals surface area contributed by atoms with Crippen molar-refractivity contribution >= 4 is 64.8 Å². The van der Waals surface area contributed by atoms with Crippen LogP contribution in [-0.2, 0) is 93.8 Å². The number of ether oxygens (including phenoxy) is 6. The fourth-order valence-corrected chi connectivity index (χ4v) is 13.2. The fraction of sp³-hybridized carbons (Fsp3) is 0.562. The molecule has 0 spiro atoms. The molecule has 0 aromatic carbocycles. The maximum atomic E-state index is 13.2. The van der Waals surface area contributed by atoms with Crippen molar-refractivity contribution in [1.29, 1.82) is 0 Å². The molecule has 0 aliphatic rings. The van der Waals surface area contributed by atoms with Crippen molar-refractivity contribution in [1.82, 2.24) is 31.5 Å². The van der Waals surface area contributed by atoms with E-state index in [2.05, 4.69) is 48.7 Å². The molecule has 21 nitrogen and oxygen atoms in total. The number of nitrogens with zero attached hydrogens (tertiary/aromatic N) is 2. The quantitative estimate of drug-likeness (QED) is 0.0228. The van der Waals surface area contributed by atoms with Crippen molar-refractivity contribution < 1.29 is 113 Å². The molecule has 0 fully saturated rings. The summed E-state index contributed by atoms with van der Waals surface area (Å²) in [5.41, 5.74) is 8.88. The molecule has 0 aromatic rings. The summed E-state index contributed by atoms with van der Waals surface area (Å²) in [6.07, 6.45) is -2.53. The molecular formula is C32H54N6O15Si2W2-2. The molecule has 25 heteroatoms. The van der Waals surface area contributed by atoms with Crippen LogP contribution < -0.4 is 21.7 Å². The Hall–Kier alpha value is -3.79. The van der Waals surface area contributed by atoms with Gasteiger partial charge in [0.05, 0.1) is 12.8 Å². The van der Waals surface area contributed by atoms with Crippen LogP contribution >= 0.6 is 0 Å². The molecule has 0 rings (SSSR count). The van der Waals surface area contributed by atoms with Gasteiger partial charge in [-0.1, -0.05) is 13.2 Å². The third-order valence-electron chi connectivity index (χ3n) is 6.31. The number of urea groups is 2. The summed E-state index contributed by atoms with van der Waals surface area (Å²) in [5, 5.41) is 0. The molecule has 6 amide bonds. The van der Waals surface area contributed by atoms with Crippen molar-refractivity contribution in [3.05, 3.63) is 38.2 Å². The number of hydrazine groups is 2. The van der Waals surface area contributed by atoms with Gasteiger partial charge in [-0.25, -0.2) is 50.5 Å². The first kappa shape index (κ1) is 57.5. The number of esters is 4. The van der Waals surface area contributed by atoms with Crippen molar-refractivity contribution in [3.8, 4) is 0 Å². The van der Waals surface area contributed by atoms with Crippen LogP contribution in [0.4, 0.5) is 19.2 Å². The second kappa shape index (κ2) is 30.3. The zero-order valence-corrected chi connectivity index (χ0v) is 41.0. The summed E-state index contributed by atoms with van der Waals surface area (Å²) in [6.45, 7) is 22.2. The standard InChI is InChI=1S/C32H54N6O15Si2.2W/c1-11-47-25(39)13-15-37(29(43)33-35-31(45)51-19-17-49-27(41)23(3)4)21-54(7,8)53-55(9,10)22-38(16-14-26(40)48-12-2)30(44)34-36-32(46)52-20-18-50-28(42)24(5)6;;/h1-3,5,11-22H2,4,6-10H3,(H,33,43)(H,34,44)(H,35,45)(H,36,46);;/q-2;;. The van der Waals surface area contributed by atoms with Gasteiger partial charge in [0.1, 0.15) is 26.4 Å². The van der Waals surface area contributed by atoms with E-state index in [4.69, 9.17) is 32.5 Å². The largest absolute Gasteiger partial charge is 0.499 e. The molecule has 0 bridgehead atoms. The number of nitrogens with one attached hydrogen (secondary N) is 4. The van der Waals surface area contributed by atoms with E-state index < -0.39 is 64.8 Å². The van der Waals surface area contributed by atoms with E-state index in [1.165, 1.54) is 23.6 Å². The smallest absolute Gasteiger partial charge is 0.426 e. The molecular weight excluding hydrogens is 1130 g/mol. The Morgan fingerprint density at radius 2 is 0.860 bits per heavy atom. The molecule has 0 aliphatic heterocycles. The molecule has 0 atom stereocenters. The molecule has 57 heavy (non-hydrogen) atoms. The number of hydrogen-bond acceptors (Lipinski definition) is 15. The molecule has 324 valence electrons. The first-order valence-electron chi connectivity index (χ1n) is 16.8. The number of carbonyl (C=O) groups excluding carboxylic acids is 8. The third kappa shape index (κ3) is 28.3. The average molecular weight is 1190 g/mol. The molecule has 0 saturated heterocycles. The van der Waals surface area contributed by atoms with Crippen LogP contribution in [0.1, 0.15) is 26.7 Å². The molecule has 0 radical (unpaired) electrons. The minimum absolute atomic E-state index is 0. The molecule has 4 N–H and O–H groups in total. The Labute approximate surface area is 363 Å². The van der Waals surface area contributed by atoms with Crippen LogP contribution in [0.25, 0.3) is 0 Å². The van der Waals surface area contributed by atoms with Crippen LogP contribution in [-0.4, -0.2) is 140 Å². The normalized spacial score (nSPS) is 10.4. The summed E-state index contributed by atoms with van der Waals surface area (Å²) in [4.78, 5) is 100. The Kier molecular flexibility index (Phi) is 30.6. The van der Waals surface area contributed by atoms with E-state index in [-0.39, 0.29) is 131 Å². The van der Waals surface area contributed by atoms with Gasteiger partial charge in [-0.3, -0.25) is 9.59 Å². The van der Waals surface area contributed by atoms with Crippen LogP contribution in [0.3, 0.4) is 0 Å². The van der Waals surface area contributed by atoms with Gasteiger partial charge in [-0.2, -0.15) is 0 Å². The fourth-order valence-electron chi connectivity index (χ4n) is 4.28. The molecule has 0 saturated carbocycles. The zero-order valence-electron chi connectivity index (χ0n) is 33.1. The van der Waals surface area contributed by atoms with Gasteiger partial charge in [0.25, 0.3) is 0 Å². The van der Waals surface area contributed by atoms with Gasteiger partial charge < -0.3 is 56.2 Å². The first-order chi connectivity index (χ1) is 25.6. The number of amides is 6. The molecule has 0 heterocycles. The minimum Gasteiger partial charge on any atom is -0.499 e. The number of hydrogen-bond donors (Lipinski definition) is 4. The maximum absolute atomic E-state index is 13.2. The molecule has 0 aromatic heterocycles. The minimum atomic E-state index is -2.91. The van der Waals surface area contributed by atoms with Gasteiger partial charge in [0.15, 0.2) is 16.6 Å². The van der Waals surface area contributed by atoms with E-state index in [0.29, 0.717) is 0 Å². The van der Waals surface area contributed by atoms with Gasteiger partial charge in [-0.15, -0.1) is 0 Å². The van der Waals surface area contributed by atoms with E-state index in [1.54, 1.807) is 26.2 Å². The van der Waals surface area contributed by atoms with Gasteiger partial charge >= 0.3 is 48.1 Å². The topological polar surface area (TPSA) is 256 Å². The van der Waals surface area contributed by atoms with Crippen LogP contribution in [0.5, 0.6) is 0 Å². The second-order valence-corrected chi connectivity index (χ2v) is 21.1. The zero-order chi connectivity index (χ0) is 42.2. The van der Waals surface area contributed by atoms with Crippen LogP contribution in [0, 0.1) is 13.8 Å². The van der Waals surface area contributed by atoms with Crippen molar-refractivity contribution in [2.45, 2.75) is 52.9 Å². The van der Waals surface area contributed by atoms with Crippen molar-refractivity contribution in [2.75, 3.05) is 65.1 Å². The Balaban J connectivity index is -0.0000146. The maximum Gasteiger partial charge on any atom is 0.426 e. The van der Waals surface area contributed by atoms with Gasteiger partial charge in [0, 0.05) is 78.7 Å². The Bertz CT molecular complexity index is 1290. The van der Waals surface area contributed by atoms with E-state index >= 15 is 0 Å². The number of rotatable bonds is 22. The molecule has 0 aliphatic carbocycles. The monoisotopic (exact) mass is 1190 g/mol. The van der Waals surface area contributed by atoms with Crippen LogP contribution in [0.15, 0.2) is 24.3 Å². The Morgan fingerprint density at radius 3 is 1.16 bits per heavy atom. The molecule has 0 unspecified atom stereocenters. The first-order valence-corrected chi connectivity index (χ1v) is 23.1. The summed E-state index contributed by atoms with van der Waals surface area (Å²) in [5.74, 6) is -2.57. The summed E-state index contributed by atoms with van der Waals surface area (Å²) >= 11 is 0. The summed E-state index contributed by atoms with van der Waals surface area (Å²) in [7, 11) is -5.83. The van der Waals surface area contributed by atoms with Gasteiger partial charge in [0.2, 0.25) is 0 Å². The summed E-state index contributed by atoms with van der Waals surface area (Å²) < 4.78 is 35.8. The van der Waals surface area contributed by atoms with Crippen molar-refractivity contribution in [2.24, 2.45) is 0 Å². The summed E-state index contributed by atoms with van der Waals surface area (Å²) in [6, 6.07) is -1.62. The predicted molar refractivity (Wildman–Crippen MR) is 199 cm³/mol. The SMILES string of the molecule is C=C(C)C(=O)OCCOC(=O)NNC(=O)N(CCC(=O)OC[CH2-])C[Si](C)(C)O[Si](C)(C)CN(CCC(=O)OC[CH2-])C(=O)NNC(=O)OCCOC(=O)C(=C)C.[W].[W]. The predicted octanol–water partition coefficient (Wildman–Crippen LogP) is 1.57. The van der Waals surface area contributed by atoms with E-state index in [1.807, 2.05) is 0 Å². The van der Waals surface area contributed by atoms with Crippen LogP contribution in [0.2, 0.25) is 26.2 Å². The Morgan fingerprint density at radius 1 is 0.544 bits per heavy atom. The third-order valence-corrected chi connectivity index (χ3v) is 13.0. The number of carbonyl (C=O) groups is 8. The van der Waals surface area contributed by atoms with E-state index in [9.17, 15) is 38.4 Å². The average Bonchev–Trinajstić information content (AvgIpc) is 3.09. The van der Waals surface area contributed by atoms with Gasteiger partial charge in [-0.05, 0) is 53.2 Å². The van der Waals surface area contributed by atoms with E-state index in [0.717, 1.165) is 0 Å².